The second-order valence-electron chi connectivity index (χ2n) is 3.37. The molecule has 0 unspecified atom stereocenters. The number of esters is 1. The van der Waals surface area contributed by atoms with E-state index in [1.807, 2.05) is 18.2 Å². The molecule has 1 aromatic carbocycles. The number of nitro groups is 1. The van der Waals surface area contributed by atoms with Gasteiger partial charge < -0.3 is 4.74 Å². The van der Waals surface area contributed by atoms with E-state index < -0.39 is 16.8 Å². The second kappa shape index (κ2) is 5.09. The topological polar surface area (TPSA) is 95.5 Å². The van der Waals surface area contributed by atoms with Crippen LogP contribution in [-0.2, 0) is 11.3 Å². The fourth-order valence-electron chi connectivity index (χ4n) is 1.24. The molecule has 18 heavy (non-hydrogen) atoms. The highest BCUT2D eigenvalue weighted by molar-refractivity contribution is 5.87. The van der Waals surface area contributed by atoms with E-state index in [2.05, 4.69) is 9.68 Å². The van der Waals surface area contributed by atoms with Crippen molar-refractivity contribution in [3.05, 3.63) is 57.8 Å². The Hall–Kier alpha value is -2.70. The standard InChI is InChI=1S/C11H8N2O5/c14-11(9-6-10(13(15)16)18-12-9)17-7-8-4-2-1-3-5-8/h1-6H,7H2. The Bertz CT molecular complexity index is 564. The molecule has 0 aliphatic rings. The predicted molar refractivity (Wildman–Crippen MR) is 58.7 cm³/mol. The second-order valence-corrected chi connectivity index (χ2v) is 3.37. The van der Waals surface area contributed by atoms with Gasteiger partial charge in [0.25, 0.3) is 0 Å². The van der Waals surface area contributed by atoms with Gasteiger partial charge in [0.1, 0.15) is 11.5 Å². The van der Waals surface area contributed by atoms with E-state index in [1.165, 1.54) is 0 Å². The quantitative estimate of drug-likeness (QED) is 0.466. The summed E-state index contributed by atoms with van der Waals surface area (Å²) in [5, 5.41) is 13.6. The van der Waals surface area contributed by atoms with E-state index in [1.54, 1.807) is 12.1 Å². The van der Waals surface area contributed by atoms with Crippen LogP contribution in [0.2, 0.25) is 0 Å². The molecule has 7 nitrogen and oxygen atoms in total. The van der Waals surface area contributed by atoms with Crippen LogP contribution in [0.15, 0.2) is 40.9 Å². The van der Waals surface area contributed by atoms with Crippen molar-refractivity contribution in [1.82, 2.24) is 5.16 Å². The summed E-state index contributed by atoms with van der Waals surface area (Å²) in [7, 11) is 0. The average molecular weight is 248 g/mol. The first kappa shape index (κ1) is 11.8. The maximum atomic E-state index is 11.5. The fourth-order valence-corrected chi connectivity index (χ4v) is 1.24. The molecule has 2 rings (SSSR count). The van der Waals surface area contributed by atoms with Crippen LogP contribution in [-0.4, -0.2) is 16.0 Å². The number of aromatic nitrogens is 1. The average Bonchev–Trinajstić information content (AvgIpc) is 2.87. The molecule has 0 N–H and O–H groups in total. The molecule has 0 bridgehead atoms. The van der Waals surface area contributed by atoms with E-state index in [9.17, 15) is 14.9 Å². The smallest absolute Gasteiger partial charge is 0.456 e. The molecule has 0 saturated heterocycles. The molecule has 92 valence electrons. The fraction of sp³-hybridized carbons (Fsp3) is 0.0909. The van der Waals surface area contributed by atoms with Crippen LogP contribution in [0.4, 0.5) is 5.88 Å². The summed E-state index contributed by atoms with van der Waals surface area (Å²) in [6.07, 6.45) is 0. The lowest BCUT2D eigenvalue weighted by Gasteiger charge is -2.01. The monoisotopic (exact) mass is 248 g/mol. The molecule has 0 atom stereocenters. The first-order valence-corrected chi connectivity index (χ1v) is 4.99. The first-order chi connectivity index (χ1) is 8.66. The number of carbonyl (C=O) groups excluding carboxylic acids is 1. The third kappa shape index (κ3) is 2.70. The van der Waals surface area contributed by atoms with Crippen molar-refractivity contribution in [3.63, 3.8) is 0 Å². The molecular weight excluding hydrogens is 240 g/mol. The van der Waals surface area contributed by atoms with E-state index in [0.717, 1.165) is 11.6 Å². The number of ether oxygens (including phenoxy) is 1. The highest BCUT2D eigenvalue weighted by atomic mass is 16.7. The van der Waals surface area contributed by atoms with Gasteiger partial charge in [-0.15, -0.1) is 0 Å². The first-order valence-electron chi connectivity index (χ1n) is 4.99. The molecule has 1 heterocycles. The Balaban J connectivity index is 1.97. The molecule has 1 aromatic heterocycles. The van der Waals surface area contributed by atoms with Gasteiger partial charge in [-0.1, -0.05) is 35.5 Å². The maximum absolute atomic E-state index is 11.5. The number of rotatable bonds is 4. The van der Waals surface area contributed by atoms with E-state index in [0.29, 0.717) is 0 Å². The number of carbonyl (C=O) groups is 1. The van der Waals surface area contributed by atoms with Crippen molar-refractivity contribution in [2.45, 2.75) is 6.61 Å². The summed E-state index contributed by atoms with van der Waals surface area (Å²) in [6.45, 7) is 0.0698. The number of benzene rings is 1. The molecule has 0 radical (unpaired) electrons. The van der Waals surface area contributed by atoms with Gasteiger partial charge >= 0.3 is 11.9 Å². The van der Waals surface area contributed by atoms with Gasteiger partial charge in [-0.2, -0.15) is 0 Å². The van der Waals surface area contributed by atoms with E-state index in [-0.39, 0.29) is 12.3 Å². The minimum atomic E-state index is -0.777. The van der Waals surface area contributed by atoms with Crippen LogP contribution >= 0.6 is 0 Å². The summed E-state index contributed by atoms with van der Waals surface area (Å²) in [5.74, 6) is -1.36. The Morgan fingerprint density at radius 3 is 2.72 bits per heavy atom. The van der Waals surface area contributed by atoms with Gasteiger partial charge in [0.05, 0.1) is 6.07 Å². The molecule has 0 aliphatic carbocycles. The minimum absolute atomic E-state index is 0.0698. The Kier molecular flexibility index (Phi) is 3.33. The lowest BCUT2D eigenvalue weighted by atomic mass is 10.2. The van der Waals surface area contributed by atoms with Crippen molar-refractivity contribution >= 4 is 11.9 Å². The van der Waals surface area contributed by atoms with Crippen LogP contribution in [0.3, 0.4) is 0 Å². The van der Waals surface area contributed by atoms with Crippen molar-refractivity contribution < 1.29 is 19.0 Å². The van der Waals surface area contributed by atoms with Crippen LogP contribution in [0.25, 0.3) is 0 Å². The SMILES string of the molecule is O=C(OCc1ccccc1)c1cc([N+](=O)[O-])on1. The molecular formula is C11H8N2O5. The van der Waals surface area contributed by atoms with Gasteiger partial charge in [-0.25, -0.2) is 4.79 Å². The van der Waals surface area contributed by atoms with Gasteiger partial charge in [0.2, 0.25) is 0 Å². The highest BCUT2D eigenvalue weighted by Crippen LogP contribution is 2.13. The van der Waals surface area contributed by atoms with Gasteiger partial charge in [-0.3, -0.25) is 14.6 Å². The van der Waals surface area contributed by atoms with Gasteiger partial charge in [0, 0.05) is 0 Å². The molecule has 0 aliphatic heterocycles. The summed E-state index contributed by atoms with van der Waals surface area (Å²) < 4.78 is 9.27. The molecule has 0 saturated carbocycles. The van der Waals surface area contributed by atoms with Gasteiger partial charge in [0.15, 0.2) is 5.69 Å². The molecule has 0 fully saturated rings. The lowest BCUT2D eigenvalue weighted by Crippen LogP contribution is -2.05. The van der Waals surface area contributed by atoms with Crippen molar-refractivity contribution in [3.8, 4) is 0 Å². The largest absolute Gasteiger partial charge is 0.456 e. The van der Waals surface area contributed by atoms with Gasteiger partial charge in [-0.05, 0) is 5.56 Å². The zero-order valence-corrected chi connectivity index (χ0v) is 9.11. The van der Waals surface area contributed by atoms with Crippen LogP contribution < -0.4 is 0 Å². The molecule has 7 heteroatoms. The summed E-state index contributed by atoms with van der Waals surface area (Å²) in [5.41, 5.74) is 0.585. The molecule has 0 spiro atoms. The maximum Gasteiger partial charge on any atom is 0.456 e. The third-order valence-corrected chi connectivity index (χ3v) is 2.10. The van der Waals surface area contributed by atoms with Crippen molar-refractivity contribution in [1.29, 1.82) is 0 Å². The Morgan fingerprint density at radius 1 is 1.39 bits per heavy atom. The van der Waals surface area contributed by atoms with Crippen molar-refractivity contribution in [2.24, 2.45) is 0 Å². The van der Waals surface area contributed by atoms with E-state index in [4.69, 9.17) is 4.74 Å². The van der Waals surface area contributed by atoms with Crippen LogP contribution in [0.1, 0.15) is 16.1 Å². The molecule has 0 amide bonds. The summed E-state index contributed by atoms with van der Waals surface area (Å²) in [4.78, 5) is 21.0. The summed E-state index contributed by atoms with van der Waals surface area (Å²) in [6, 6.07) is 9.96. The summed E-state index contributed by atoms with van der Waals surface area (Å²) >= 11 is 0. The highest BCUT2D eigenvalue weighted by Gasteiger charge is 2.20. The third-order valence-electron chi connectivity index (χ3n) is 2.10. The van der Waals surface area contributed by atoms with E-state index >= 15 is 0 Å². The van der Waals surface area contributed by atoms with Crippen LogP contribution in [0, 0.1) is 10.1 Å². The Labute approximate surface area is 101 Å². The van der Waals surface area contributed by atoms with Crippen molar-refractivity contribution in [2.75, 3.05) is 0 Å². The number of hydrogen-bond acceptors (Lipinski definition) is 6. The number of nitrogens with zero attached hydrogens (tertiary/aromatic N) is 2. The minimum Gasteiger partial charge on any atom is -0.456 e. The predicted octanol–water partition coefficient (Wildman–Crippen LogP) is 1.94. The van der Waals surface area contributed by atoms with Crippen LogP contribution in [0.5, 0.6) is 0 Å². The Morgan fingerprint density at radius 2 is 2.11 bits per heavy atom. The number of hydrogen-bond donors (Lipinski definition) is 0. The lowest BCUT2D eigenvalue weighted by molar-refractivity contribution is -0.404. The zero-order valence-electron chi connectivity index (χ0n) is 9.11. The normalized spacial score (nSPS) is 10.0. The zero-order chi connectivity index (χ0) is 13.0. The molecule has 2 aromatic rings.